The van der Waals surface area contributed by atoms with E-state index < -0.39 is 12.2 Å². The summed E-state index contributed by atoms with van der Waals surface area (Å²) >= 11 is 0. The van der Waals surface area contributed by atoms with Gasteiger partial charge in [-0.05, 0) is 74.3 Å². The van der Waals surface area contributed by atoms with Crippen molar-refractivity contribution >= 4 is 11.8 Å². The van der Waals surface area contributed by atoms with E-state index in [1.165, 1.54) is 12.8 Å². The lowest BCUT2D eigenvalue weighted by Gasteiger charge is -2.46. The number of aliphatic hydroxyl groups excluding tert-OH is 1. The maximum Gasteiger partial charge on any atom is 0.313 e. The van der Waals surface area contributed by atoms with E-state index in [0.29, 0.717) is 42.1 Å². The molecule has 1 N–H and O–H groups in total. The van der Waals surface area contributed by atoms with Crippen molar-refractivity contribution < 1.29 is 33.6 Å². The molecule has 2 fully saturated rings. The minimum atomic E-state index is -1.06. The summed E-state index contributed by atoms with van der Waals surface area (Å²) in [4.78, 5) is 25.1. The van der Waals surface area contributed by atoms with Gasteiger partial charge in [-0.1, -0.05) is 38.2 Å². The van der Waals surface area contributed by atoms with Crippen molar-refractivity contribution in [1.29, 1.82) is 0 Å². The summed E-state index contributed by atoms with van der Waals surface area (Å²) in [6.45, 7) is 6.71. The molecule has 10 atom stereocenters. The van der Waals surface area contributed by atoms with Crippen LogP contribution in [0.1, 0.15) is 72.1 Å². The zero-order valence-corrected chi connectivity index (χ0v) is 24.3. The van der Waals surface area contributed by atoms with Gasteiger partial charge < -0.3 is 24.1 Å². The Morgan fingerprint density at radius 2 is 2.02 bits per heavy atom. The largest absolute Gasteiger partial charge is 0.498 e. The first kappa shape index (κ1) is 27.8. The molecular formula is C33H44O7. The number of aliphatic hydroxyl groups is 1. The number of carbonyl (C=O) groups excluding carboxylic acids is 2. The summed E-state index contributed by atoms with van der Waals surface area (Å²) in [6.07, 6.45) is 14.0. The molecule has 6 rings (SSSR count). The molecule has 6 aliphatic rings. The van der Waals surface area contributed by atoms with Gasteiger partial charge in [0.05, 0.1) is 25.2 Å². The zero-order chi connectivity index (χ0) is 28.2. The lowest BCUT2D eigenvalue weighted by atomic mass is 9.64. The molecule has 0 aromatic rings. The number of rotatable bonds is 8. The Bertz CT molecular complexity index is 1160. The van der Waals surface area contributed by atoms with Gasteiger partial charge in [0.2, 0.25) is 6.29 Å². The van der Waals surface area contributed by atoms with Crippen LogP contribution in [0.2, 0.25) is 0 Å². The second-order valence-electron chi connectivity index (χ2n) is 13.1. The Morgan fingerprint density at radius 3 is 2.75 bits per heavy atom. The van der Waals surface area contributed by atoms with Crippen LogP contribution in [-0.4, -0.2) is 48.6 Å². The predicted octanol–water partition coefficient (Wildman–Crippen LogP) is 5.40. The molecule has 0 bridgehead atoms. The maximum absolute atomic E-state index is 13.0. The summed E-state index contributed by atoms with van der Waals surface area (Å²) < 4.78 is 24.3. The van der Waals surface area contributed by atoms with E-state index in [1.54, 1.807) is 14.0 Å². The van der Waals surface area contributed by atoms with Crippen LogP contribution >= 0.6 is 0 Å². The third-order valence-electron chi connectivity index (χ3n) is 10.7. The number of fused-ring (bicyclic) bond motifs is 4. The number of ether oxygens (including phenoxy) is 4. The highest BCUT2D eigenvalue weighted by atomic mass is 16.6. The van der Waals surface area contributed by atoms with E-state index in [9.17, 15) is 14.7 Å². The summed E-state index contributed by atoms with van der Waals surface area (Å²) in [7, 11) is 1.63. The Kier molecular flexibility index (Phi) is 7.49. The summed E-state index contributed by atoms with van der Waals surface area (Å²) in [5, 5.41) is 11.1. The van der Waals surface area contributed by atoms with Gasteiger partial charge in [0, 0.05) is 30.6 Å². The smallest absolute Gasteiger partial charge is 0.313 e. The van der Waals surface area contributed by atoms with Crippen molar-refractivity contribution in [3.05, 3.63) is 47.0 Å². The fourth-order valence-corrected chi connectivity index (χ4v) is 7.99. The Balaban J connectivity index is 1.11. The fourth-order valence-electron chi connectivity index (χ4n) is 7.99. The fraction of sp³-hybridized carbons (Fsp3) is 0.697. The monoisotopic (exact) mass is 552 g/mol. The number of ketones is 1. The Hall–Kier alpha value is -2.38. The van der Waals surface area contributed by atoms with E-state index in [4.69, 9.17) is 18.9 Å². The van der Waals surface area contributed by atoms with Crippen LogP contribution in [0.3, 0.4) is 0 Å². The summed E-state index contributed by atoms with van der Waals surface area (Å²) in [6, 6.07) is 0. The molecule has 1 aliphatic heterocycles. The molecule has 0 amide bonds. The molecule has 5 aliphatic carbocycles. The predicted molar refractivity (Wildman–Crippen MR) is 148 cm³/mol. The number of carbonyl (C=O) groups is 2. The average molecular weight is 553 g/mol. The summed E-state index contributed by atoms with van der Waals surface area (Å²) in [5.74, 6) is 2.40. The van der Waals surface area contributed by atoms with E-state index in [2.05, 4.69) is 32.1 Å². The number of hydrogen-bond donors (Lipinski definition) is 1. The number of methoxy groups -OCH3 is 1. The molecule has 40 heavy (non-hydrogen) atoms. The van der Waals surface area contributed by atoms with Crippen LogP contribution in [0.5, 0.6) is 0 Å². The van der Waals surface area contributed by atoms with E-state index >= 15 is 0 Å². The molecule has 1 saturated heterocycles. The molecule has 0 aromatic carbocycles. The first-order chi connectivity index (χ1) is 19.2. The molecule has 7 nitrogen and oxygen atoms in total. The highest BCUT2D eigenvalue weighted by Crippen LogP contribution is 2.56. The normalized spacial score (nSPS) is 41.0. The quantitative estimate of drug-likeness (QED) is 0.245. The van der Waals surface area contributed by atoms with Gasteiger partial charge in [0.1, 0.15) is 17.6 Å². The van der Waals surface area contributed by atoms with Crippen LogP contribution in [0, 0.1) is 41.4 Å². The number of hydrogen-bond acceptors (Lipinski definition) is 7. The van der Waals surface area contributed by atoms with E-state index in [-0.39, 0.29) is 41.2 Å². The lowest BCUT2D eigenvalue weighted by molar-refractivity contribution is -0.174. The van der Waals surface area contributed by atoms with Crippen LogP contribution in [-0.2, 0) is 28.5 Å². The van der Waals surface area contributed by atoms with Gasteiger partial charge in [-0.2, -0.15) is 0 Å². The Morgan fingerprint density at radius 1 is 1.20 bits per heavy atom. The topological polar surface area (TPSA) is 91.3 Å². The van der Waals surface area contributed by atoms with Crippen molar-refractivity contribution in [3.8, 4) is 0 Å². The van der Waals surface area contributed by atoms with Crippen LogP contribution in [0.25, 0.3) is 0 Å². The number of Topliss-reactive ketones (excluding diaryl/α,β-unsaturated/α-hetero) is 1. The molecule has 10 unspecified atom stereocenters. The number of allylic oxidation sites excluding steroid dienone is 3. The SMILES string of the molecule is COC1=C(OC(O)C2=CC3CC3(OCC3C=CCCC3C)CC2)CC2OC(=O)C3C=C(C(C)=O)C(C)CC3C2C1. The minimum absolute atomic E-state index is 0.0228. The zero-order valence-electron chi connectivity index (χ0n) is 24.3. The van der Waals surface area contributed by atoms with Gasteiger partial charge in [-0.3, -0.25) is 9.59 Å². The first-order valence-electron chi connectivity index (χ1n) is 15.2. The van der Waals surface area contributed by atoms with Crippen molar-refractivity contribution in [2.75, 3.05) is 13.7 Å². The minimum Gasteiger partial charge on any atom is -0.498 e. The maximum atomic E-state index is 13.0. The first-order valence-corrected chi connectivity index (χ1v) is 15.2. The van der Waals surface area contributed by atoms with Crippen LogP contribution < -0.4 is 0 Å². The second kappa shape index (κ2) is 10.8. The second-order valence-corrected chi connectivity index (χ2v) is 13.1. The summed E-state index contributed by atoms with van der Waals surface area (Å²) in [5.41, 5.74) is 1.54. The molecule has 0 radical (unpaired) electrons. The highest BCUT2D eigenvalue weighted by molar-refractivity contribution is 5.95. The average Bonchev–Trinajstić information content (AvgIpc) is 3.66. The van der Waals surface area contributed by atoms with Gasteiger partial charge >= 0.3 is 5.97 Å². The van der Waals surface area contributed by atoms with Crippen molar-refractivity contribution in [2.24, 2.45) is 41.4 Å². The highest BCUT2D eigenvalue weighted by Gasteiger charge is 2.56. The van der Waals surface area contributed by atoms with Gasteiger partial charge in [0.15, 0.2) is 5.78 Å². The van der Waals surface area contributed by atoms with Gasteiger partial charge in [-0.15, -0.1) is 0 Å². The third-order valence-corrected chi connectivity index (χ3v) is 10.7. The van der Waals surface area contributed by atoms with E-state index in [0.717, 1.165) is 43.4 Å². The van der Waals surface area contributed by atoms with Crippen LogP contribution in [0.15, 0.2) is 47.0 Å². The molecule has 218 valence electrons. The molecule has 1 heterocycles. The van der Waals surface area contributed by atoms with E-state index in [1.807, 2.05) is 6.08 Å². The molecule has 1 saturated carbocycles. The van der Waals surface area contributed by atoms with Gasteiger partial charge in [-0.25, -0.2) is 0 Å². The van der Waals surface area contributed by atoms with Gasteiger partial charge in [0.25, 0.3) is 0 Å². The Labute approximate surface area is 237 Å². The third kappa shape index (κ3) is 5.09. The van der Waals surface area contributed by atoms with Crippen molar-refractivity contribution in [2.45, 2.75) is 90.1 Å². The molecule has 0 aromatic heterocycles. The molecule has 7 heteroatoms. The lowest BCUT2D eigenvalue weighted by Crippen LogP contribution is -2.49. The molecule has 0 spiro atoms. The number of esters is 1. The standard InChI is InChI=1S/C33H44O7/c1-18-7-5-6-8-22(18)17-38-33-10-9-21(12-23(33)16-33)31(35)40-30-15-28-26(14-29(30)37-4)25-11-19(2)24(20(3)34)13-27(25)32(36)39-28/h6,8,12-13,18-19,22-23,25-28,31,35H,5,7,9-11,14-17H2,1-4H3. The van der Waals surface area contributed by atoms with Crippen molar-refractivity contribution in [3.63, 3.8) is 0 Å². The van der Waals surface area contributed by atoms with Crippen LogP contribution in [0.4, 0.5) is 0 Å². The molecular weight excluding hydrogens is 508 g/mol. The van der Waals surface area contributed by atoms with Crippen molar-refractivity contribution in [1.82, 2.24) is 0 Å².